The molecule has 0 bridgehead atoms. The van der Waals surface area contributed by atoms with E-state index in [4.69, 9.17) is 0 Å². The van der Waals surface area contributed by atoms with Gasteiger partial charge in [0.05, 0.1) is 5.69 Å². The fraction of sp³-hybridized carbons (Fsp3) is 0.0714. The molecule has 1 amide bonds. The Morgan fingerprint density at radius 3 is 2.67 bits per heavy atom. The molecule has 0 saturated heterocycles. The van der Waals surface area contributed by atoms with Crippen LogP contribution in [0.5, 0.6) is 0 Å². The number of benzene rings is 2. The molecule has 0 fully saturated rings. The van der Waals surface area contributed by atoms with Crippen molar-refractivity contribution in [2.75, 3.05) is 5.32 Å². The Labute approximate surface area is 113 Å². The van der Waals surface area contributed by atoms with Crippen molar-refractivity contribution >= 4 is 27.5 Å². The van der Waals surface area contributed by atoms with Crippen LogP contribution >= 0.6 is 15.9 Å². The van der Waals surface area contributed by atoms with Gasteiger partial charge in [-0.2, -0.15) is 0 Å². The number of rotatable bonds is 2. The lowest BCUT2D eigenvalue weighted by Gasteiger charge is -2.09. The highest BCUT2D eigenvalue weighted by Crippen LogP contribution is 2.26. The van der Waals surface area contributed by atoms with E-state index in [-0.39, 0.29) is 5.91 Å². The van der Waals surface area contributed by atoms with E-state index >= 15 is 0 Å². The number of hydrogen-bond acceptors (Lipinski definition) is 1. The number of hydrogen-bond donors (Lipinski definition) is 1. The summed E-state index contributed by atoms with van der Waals surface area (Å²) in [7, 11) is 0. The molecule has 0 aliphatic carbocycles. The third-order valence-corrected chi connectivity index (χ3v) is 3.58. The summed E-state index contributed by atoms with van der Waals surface area (Å²) in [5.74, 6) is -0.758. The first-order chi connectivity index (χ1) is 8.58. The van der Waals surface area contributed by atoms with Gasteiger partial charge in [0.1, 0.15) is 5.82 Å². The van der Waals surface area contributed by atoms with Gasteiger partial charge in [0.15, 0.2) is 0 Å². The molecule has 0 atom stereocenters. The standard InChI is InChI=1S/C14H11BrFNO/c1-9-4-2-7-12(13(9)15)17-14(18)10-5-3-6-11(16)8-10/h2-8H,1H3,(H,17,18). The Morgan fingerprint density at radius 2 is 1.94 bits per heavy atom. The van der Waals surface area contributed by atoms with Gasteiger partial charge in [0, 0.05) is 10.0 Å². The van der Waals surface area contributed by atoms with Gasteiger partial charge in [-0.1, -0.05) is 18.2 Å². The first-order valence-corrected chi connectivity index (χ1v) is 6.19. The van der Waals surface area contributed by atoms with Gasteiger partial charge >= 0.3 is 0 Å². The quantitative estimate of drug-likeness (QED) is 0.887. The van der Waals surface area contributed by atoms with Crippen LogP contribution in [0.4, 0.5) is 10.1 Å². The van der Waals surface area contributed by atoms with Crippen LogP contribution < -0.4 is 5.32 Å². The van der Waals surface area contributed by atoms with Gasteiger partial charge < -0.3 is 5.32 Å². The Bertz CT molecular complexity index is 598. The first-order valence-electron chi connectivity index (χ1n) is 5.40. The van der Waals surface area contributed by atoms with Crippen LogP contribution in [-0.4, -0.2) is 5.91 Å². The first kappa shape index (κ1) is 12.8. The fourth-order valence-corrected chi connectivity index (χ4v) is 1.93. The van der Waals surface area contributed by atoms with Crippen LogP contribution in [0.1, 0.15) is 15.9 Å². The lowest BCUT2D eigenvalue weighted by Crippen LogP contribution is -2.12. The van der Waals surface area contributed by atoms with Crippen molar-refractivity contribution in [2.24, 2.45) is 0 Å². The number of amides is 1. The van der Waals surface area contributed by atoms with Crippen LogP contribution in [-0.2, 0) is 0 Å². The molecule has 0 radical (unpaired) electrons. The van der Waals surface area contributed by atoms with Gasteiger partial charge in [-0.3, -0.25) is 4.79 Å². The molecule has 0 aliphatic rings. The zero-order valence-corrected chi connectivity index (χ0v) is 11.3. The summed E-state index contributed by atoms with van der Waals surface area (Å²) >= 11 is 3.41. The maximum absolute atomic E-state index is 13.0. The second kappa shape index (κ2) is 5.31. The summed E-state index contributed by atoms with van der Waals surface area (Å²) in [5.41, 5.74) is 1.99. The van der Waals surface area contributed by atoms with Crippen molar-refractivity contribution in [3.05, 3.63) is 63.9 Å². The monoisotopic (exact) mass is 307 g/mol. The molecule has 18 heavy (non-hydrogen) atoms. The summed E-state index contributed by atoms with van der Waals surface area (Å²) in [6.07, 6.45) is 0. The largest absolute Gasteiger partial charge is 0.321 e. The predicted octanol–water partition coefficient (Wildman–Crippen LogP) is 4.15. The number of carbonyl (C=O) groups is 1. The number of halogens is 2. The number of aryl methyl sites for hydroxylation is 1. The van der Waals surface area contributed by atoms with Crippen molar-refractivity contribution in [3.63, 3.8) is 0 Å². The number of anilines is 1. The Hall–Kier alpha value is -1.68. The molecular formula is C14H11BrFNO. The van der Waals surface area contributed by atoms with Crippen molar-refractivity contribution in [3.8, 4) is 0 Å². The summed E-state index contributed by atoms with van der Waals surface area (Å²) < 4.78 is 13.8. The third-order valence-electron chi connectivity index (χ3n) is 2.53. The number of carbonyl (C=O) groups excluding carboxylic acids is 1. The van der Waals surface area contributed by atoms with Crippen LogP contribution in [0.2, 0.25) is 0 Å². The summed E-state index contributed by atoms with van der Waals surface area (Å²) in [5, 5.41) is 2.74. The smallest absolute Gasteiger partial charge is 0.255 e. The van der Waals surface area contributed by atoms with Crippen molar-refractivity contribution in [1.29, 1.82) is 0 Å². The molecule has 0 saturated carbocycles. The van der Waals surface area contributed by atoms with E-state index in [0.717, 1.165) is 10.0 Å². The molecule has 0 aliphatic heterocycles. The topological polar surface area (TPSA) is 29.1 Å². The van der Waals surface area contributed by atoms with Gasteiger partial charge in [0.2, 0.25) is 0 Å². The zero-order chi connectivity index (χ0) is 13.1. The third kappa shape index (κ3) is 2.76. The SMILES string of the molecule is Cc1cccc(NC(=O)c2cccc(F)c2)c1Br. The molecule has 4 heteroatoms. The van der Waals surface area contributed by atoms with Crippen molar-refractivity contribution in [2.45, 2.75) is 6.92 Å². The van der Waals surface area contributed by atoms with E-state index in [1.165, 1.54) is 18.2 Å². The molecule has 2 nitrogen and oxygen atoms in total. The molecule has 0 spiro atoms. The van der Waals surface area contributed by atoms with Crippen LogP contribution in [0.3, 0.4) is 0 Å². The normalized spacial score (nSPS) is 10.2. The van der Waals surface area contributed by atoms with E-state index in [9.17, 15) is 9.18 Å². The minimum atomic E-state index is -0.425. The lowest BCUT2D eigenvalue weighted by atomic mass is 10.2. The lowest BCUT2D eigenvalue weighted by molar-refractivity contribution is 0.102. The molecule has 0 heterocycles. The Balaban J connectivity index is 2.24. The maximum atomic E-state index is 13.0. The van der Waals surface area contributed by atoms with Crippen LogP contribution in [0.15, 0.2) is 46.9 Å². The molecular weight excluding hydrogens is 297 g/mol. The minimum absolute atomic E-state index is 0.295. The molecule has 0 aromatic heterocycles. The fourth-order valence-electron chi connectivity index (χ4n) is 1.57. The van der Waals surface area contributed by atoms with Gasteiger partial charge in [-0.05, 0) is 52.7 Å². The van der Waals surface area contributed by atoms with E-state index in [0.29, 0.717) is 11.3 Å². The maximum Gasteiger partial charge on any atom is 0.255 e. The van der Waals surface area contributed by atoms with Gasteiger partial charge in [0.25, 0.3) is 5.91 Å². The second-order valence-electron chi connectivity index (χ2n) is 3.90. The van der Waals surface area contributed by atoms with Crippen LogP contribution in [0.25, 0.3) is 0 Å². The van der Waals surface area contributed by atoms with Crippen molar-refractivity contribution in [1.82, 2.24) is 0 Å². The zero-order valence-electron chi connectivity index (χ0n) is 9.71. The van der Waals surface area contributed by atoms with E-state index in [1.807, 2.05) is 19.1 Å². The molecule has 0 unspecified atom stereocenters. The molecule has 1 N–H and O–H groups in total. The molecule has 2 aromatic rings. The average Bonchev–Trinajstić information content (AvgIpc) is 2.35. The second-order valence-corrected chi connectivity index (χ2v) is 4.69. The Morgan fingerprint density at radius 1 is 1.22 bits per heavy atom. The van der Waals surface area contributed by atoms with Gasteiger partial charge in [-0.25, -0.2) is 4.39 Å². The van der Waals surface area contributed by atoms with Gasteiger partial charge in [-0.15, -0.1) is 0 Å². The minimum Gasteiger partial charge on any atom is -0.321 e. The molecule has 92 valence electrons. The number of nitrogens with one attached hydrogen (secondary N) is 1. The summed E-state index contributed by atoms with van der Waals surface area (Å²) in [6, 6.07) is 11.2. The Kier molecular flexibility index (Phi) is 3.77. The van der Waals surface area contributed by atoms with E-state index in [2.05, 4.69) is 21.2 Å². The average molecular weight is 308 g/mol. The summed E-state index contributed by atoms with van der Waals surface area (Å²) in [4.78, 5) is 11.9. The van der Waals surface area contributed by atoms with Crippen LogP contribution in [0, 0.1) is 12.7 Å². The van der Waals surface area contributed by atoms with E-state index < -0.39 is 5.82 Å². The summed E-state index contributed by atoms with van der Waals surface area (Å²) in [6.45, 7) is 1.93. The highest BCUT2D eigenvalue weighted by Gasteiger charge is 2.09. The highest BCUT2D eigenvalue weighted by atomic mass is 79.9. The molecule has 2 aromatic carbocycles. The van der Waals surface area contributed by atoms with E-state index in [1.54, 1.807) is 12.1 Å². The predicted molar refractivity (Wildman–Crippen MR) is 73.2 cm³/mol. The highest BCUT2D eigenvalue weighted by molar-refractivity contribution is 9.10. The molecule has 2 rings (SSSR count). The van der Waals surface area contributed by atoms with Crippen molar-refractivity contribution < 1.29 is 9.18 Å².